The summed E-state index contributed by atoms with van der Waals surface area (Å²) in [5.74, 6) is -0.108. The van der Waals surface area contributed by atoms with Crippen molar-refractivity contribution in [2.24, 2.45) is 5.92 Å². The smallest absolute Gasteiger partial charge is 0.298 e. The number of hydrogen-bond acceptors (Lipinski definition) is 4. The predicted octanol–water partition coefficient (Wildman–Crippen LogP) is 5.38. The van der Waals surface area contributed by atoms with Crippen molar-refractivity contribution in [2.45, 2.75) is 46.2 Å². The Morgan fingerprint density at radius 3 is 2.50 bits per heavy atom. The van der Waals surface area contributed by atoms with Gasteiger partial charge in [0.25, 0.3) is 5.91 Å². The van der Waals surface area contributed by atoms with Crippen molar-refractivity contribution in [1.82, 2.24) is 10.4 Å². The number of hydrazine groups is 1. The van der Waals surface area contributed by atoms with E-state index < -0.39 is 22.7 Å². The standard InChI is InChI=1S/C18H22F3N3OS/c1-10(2)9-11(3)13-7-5-6-8-14(13)23-24-17(25)15-16(18(19,20)21)22-12(4)26-15/h5-8,10-11,23H,9H2,1-4H3,(H,24,25). The van der Waals surface area contributed by atoms with Crippen molar-refractivity contribution >= 4 is 22.9 Å². The molecule has 0 aliphatic heterocycles. The number of carbonyl (C=O) groups excluding carboxylic acids is 1. The average molecular weight is 385 g/mol. The molecule has 2 aromatic rings. The van der Waals surface area contributed by atoms with E-state index in [0.29, 0.717) is 11.6 Å². The van der Waals surface area contributed by atoms with Gasteiger partial charge in [0.15, 0.2) is 5.69 Å². The molecule has 0 spiro atoms. The van der Waals surface area contributed by atoms with Crippen molar-refractivity contribution in [3.63, 3.8) is 0 Å². The zero-order valence-electron chi connectivity index (χ0n) is 15.1. The van der Waals surface area contributed by atoms with Crippen molar-refractivity contribution in [1.29, 1.82) is 0 Å². The first-order valence-corrected chi connectivity index (χ1v) is 9.11. The highest BCUT2D eigenvalue weighted by atomic mass is 32.1. The summed E-state index contributed by atoms with van der Waals surface area (Å²) in [4.78, 5) is 15.2. The van der Waals surface area contributed by atoms with Crippen LogP contribution in [0.2, 0.25) is 0 Å². The van der Waals surface area contributed by atoms with Crippen LogP contribution in [-0.4, -0.2) is 10.9 Å². The third-order valence-electron chi connectivity index (χ3n) is 3.84. The topological polar surface area (TPSA) is 54.0 Å². The van der Waals surface area contributed by atoms with Gasteiger partial charge in [0.1, 0.15) is 4.88 Å². The molecular formula is C18H22F3N3OS. The predicted molar refractivity (Wildman–Crippen MR) is 97.3 cm³/mol. The van der Waals surface area contributed by atoms with Crippen LogP contribution in [-0.2, 0) is 6.18 Å². The number of rotatable bonds is 6. The zero-order valence-corrected chi connectivity index (χ0v) is 15.9. The van der Waals surface area contributed by atoms with Crippen molar-refractivity contribution in [3.8, 4) is 0 Å². The normalized spacial score (nSPS) is 12.9. The van der Waals surface area contributed by atoms with Crippen LogP contribution < -0.4 is 10.9 Å². The highest BCUT2D eigenvalue weighted by molar-refractivity contribution is 7.13. The summed E-state index contributed by atoms with van der Waals surface area (Å²) in [5.41, 5.74) is 5.65. The fourth-order valence-electron chi connectivity index (χ4n) is 2.83. The lowest BCUT2D eigenvalue weighted by molar-refractivity contribution is -0.141. The first kappa shape index (κ1) is 20.2. The number of nitrogens with zero attached hydrogens (tertiary/aromatic N) is 1. The number of alkyl halides is 3. The summed E-state index contributed by atoms with van der Waals surface area (Å²) in [6.07, 6.45) is -3.71. The van der Waals surface area contributed by atoms with Gasteiger partial charge in [0.2, 0.25) is 0 Å². The Morgan fingerprint density at radius 2 is 1.88 bits per heavy atom. The Bertz CT molecular complexity index is 771. The fourth-order valence-corrected chi connectivity index (χ4v) is 3.66. The number of aryl methyl sites for hydroxylation is 1. The quantitative estimate of drug-likeness (QED) is 0.657. The summed E-state index contributed by atoms with van der Waals surface area (Å²) < 4.78 is 39.1. The first-order valence-electron chi connectivity index (χ1n) is 8.29. The maximum Gasteiger partial charge on any atom is 0.435 e. The van der Waals surface area contributed by atoms with Gasteiger partial charge in [-0.15, -0.1) is 11.3 Å². The van der Waals surface area contributed by atoms with Gasteiger partial charge in [-0.25, -0.2) is 4.98 Å². The number of halogens is 3. The monoisotopic (exact) mass is 385 g/mol. The number of hydrogen-bond donors (Lipinski definition) is 2. The Hall–Kier alpha value is -2.09. The maximum atomic E-state index is 13.0. The number of aromatic nitrogens is 1. The number of amides is 1. The minimum Gasteiger partial charge on any atom is -0.298 e. The lowest BCUT2D eigenvalue weighted by Crippen LogP contribution is -2.31. The Labute approximate surface area is 154 Å². The van der Waals surface area contributed by atoms with Gasteiger partial charge in [-0.3, -0.25) is 15.6 Å². The molecule has 2 N–H and O–H groups in total. The van der Waals surface area contributed by atoms with Gasteiger partial charge < -0.3 is 0 Å². The van der Waals surface area contributed by atoms with Gasteiger partial charge >= 0.3 is 6.18 Å². The van der Waals surface area contributed by atoms with E-state index >= 15 is 0 Å². The maximum absolute atomic E-state index is 13.0. The van der Waals surface area contributed by atoms with E-state index in [1.807, 2.05) is 12.1 Å². The number of anilines is 1. The average Bonchev–Trinajstić information content (AvgIpc) is 2.94. The van der Waals surface area contributed by atoms with E-state index in [-0.39, 0.29) is 10.9 Å². The van der Waals surface area contributed by atoms with E-state index in [2.05, 4.69) is 36.6 Å². The van der Waals surface area contributed by atoms with Gasteiger partial charge in [0, 0.05) is 0 Å². The number of thiazole rings is 1. The second-order valence-electron chi connectivity index (χ2n) is 6.61. The minimum atomic E-state index is -4.67. The largest absolute Gasteiger partial charge is 0.435 e. The summed E-state index contributed by atoms with van der Waals surface area (Å²) in [6.45, 7) is 7.77. The zero-order chi connectivity index (χ0) is 19.5. The van der Waals surface area contributed by atoms with Gasteiger partial charge in [-0.1, -0.05) is 39.0 Å². The van der Waals surface area contributed by atoms with Crippen LogP contribution in [0.3, 0.4) is 0 Å². The molecule has 0 saturated heterocycles. The molecule has 26 heavy (non-hydrogen) atoms. The van der Waals surface area contributed by atoms with Gasteiger partial charge in [-0.05, 0) is 36.8 Å². The molecule has 1 heterocycles. The third kappa shape index (κ3) is 4.97. The molecular weight excluding hydrogens is 363 g/mol. The van der Waals surface area contributed by atoms with Crippen LogP contribution in [0.4, 0.5) is 18.9 Å². The van der Waals surface area contributed by atoms with E-state index in [4.69, 9.17) is 0 Å². The molecule has 0 fully saturated rings. The van der Waals surface area contributed by atoms with E-state index in [0.717, 1.165) is 23.3 Å². The van der Waals surface area contributed by atoms with Crippen molar-refractivity contribution < 1.29 is 18.0 Å². The molecule has 2 rings (SSSR count). The summed E-state index contributed by atoms with van der Waals surface area (Å²) in [5, 5.41) is 0.188. The number of carbonyl (C=O) groups is 1. The molecule has 0 radical (unpaired) electrons. The fraction of sp³-hybridized carbons (Fsp3) is 0.444. The second kappa shape index (κ2) is 8.07. The summed E-state index contributed by atoms with van der Waals surface area (Å²) in [6, 6.07) is 7.43. The van der Waals surface area contributed by atoms with Crippen molar-refractivity contribution in [2.75, 3.05) is 5.43 Å². The number of para-hydroxylation sites is 1. The summed E-state index contributed by atoms with van der Waals surface area (Å²) in [7, 11) is 0. The molecule has 0 saturated carbocycles. The SMILES string of the molecule is Cc1nc(C(F)(F)F)c(C(=O)NNc2ccccc2C(C)CC(C)C)s1. The molecule has 142 valence electrons. The Kier molecular flexibility index (Phi) is 6.28. The molecule has 1 unspecified atom stereocenters. The lowest BCUT2D eigenvalue weighted by Gasteiger charge is -2.19. The molecule has 1 aromatic heterocycles. The second-order valence-corrected chi connectivity index (χ2v) is 7.81. The van der Waals surface area contributed by atoms with Gasteiger partial charge in [0.05, 0.1) is 10.7 Å². The molecule has 0 bridgehead atoms. The van der Waals surface area contributed by atoms with Crippen LogP contribution in [0.25, 0.3) is 0 Å². The molecule has 1 aromatic carbocycles. The Balaban J connectivity index is 2.16. The molecule has 1 atom stereocenters. The van der Waals surface area contributed by atoms with Crippen LogP contribution in [0.5, 0.6) is 0 Å². The van der Waals surface area contributed by atoms with Crippen LogP contribution in [0.1, 0.15) is 59.0 Å². The molecule has 4 nitrogen and oxygen atoms in total. The van der Waals surface area contributed by atoms with Crippen LogP contribution in [0, 0.1) is 12.8 Å². The highest BCUT2D eigenvalue weighted by Crippen LogP contribution is 2.34. The molecule has 0 aliphatic rings. The summed E-state index contributed by atoms with van der Waals surface area (Å²) >= 11 is 0.720. The number of benzene rings is 1. The first-order chi connectivity index (χ1) is 12.1. The Morgan fingerprint density at radius 1 is 1.23 bits per heavy atom. The third-order valence-corrected chi connectivity index (χ3v) is 4.81. The van der Waals surface area contributed by atoms with E-state index in [1.165, 1.54) is 6.92 Å². The number of nitrogens with one attached hydrogen (secondary N) is 2. The minimum absolute atomic E-state index is 0.188. The lowest BCUT2D eigenvalue weighted by atomic mass is 9.91. The molecule has 0 aliphatic carbocycles. The van der Waals surface area contributed by atoms with E-state index in [9.17, 15) is 18.0 Å². The van der Waals surface area contributed by atoms with Crippen LogP contribution >= 0.6 is 11.3 Å². The highest BCUT2D eigenvalue weighted by Gasteiger charge is 2.39. The molecule has 8 heteroatoms. The van der Waals surface area contributed by atoms with Crippen molar-refractivity contribution in [3.05, 3.63) is 45.4 Å². The van der Waals surface area contributed by atoms with E-state index in [1.54, 1.807) is 12.1 Å². The van der Waals surface area contributed by atoms with Crippen LogP contribution in [0.15, 0.2) is 24.3 Å². The van der Waals surface area contributed by atoms with Gasteiger partial charge in [-0.2, -0.15) is 13.2 Å². The molecule has 1 amide bonds.